The van der Waals surface area contributed by atoms with Gasteiger partial charge in [-0.05, 0) is 18.6 Å². The van der Waals surface area contributed by atoms with Crippen molar-refractivity contribution in [3.05, 3.63) is 35.6 Å². The lowest BCUT2D eigenvalue weighted by atomic mass is 10.1. The van der Waals surface area contributed by atoms with Crippen LogP contribution in [-0.4, -0.2) is 43.8 Å². The average molecular weight is 301 g/mol. The van der Waals surface area contributed by atoms with Crippen molar-refractivity contribution in [1.82, 2.24) is 4.90 Å². The third-order valence-electron chi connectivity index (χ3n) is 3.29. The number of nitrogens with zero attached hydrogens (tertiary/aromatic N) is 1. The van der Waals surface area contributed by atoms with Crippen LogP contribution in [0.1, 0.15) is 19.4 Å². The molecule has 4 nitrogen and oxygen atoms in total. The second-order valence-corrected chi connectivity index (χ2v) is 7.22. The SMILES string of the molecule is CCS(=O)(=O)C[C@H](C)N(C)C(=O)Cc1ccccc1F. The van der Waals surface area contributed by atoms with Crippen LogP contribution in [0, 0.1) is 5.82 Å². The van der Waals surface area contributed by atoms with Crippen molar-refractivity contribution < 1.29 is 17.6 Å². The fourth-order valence-electron chi connectivity index (χ4n) is 1.77. The van der Waals surface area contributed by atoms with Crippen LogP contribution in [-0.2, 0) is 21.1 Å². The van der Waals surface area contributed by atoms with Crippen LogP contribution < -0.4 is 0 Å². The predicted octanol–water partition coefficient (Wildman–Crippen LogP) is 1.65. The van der Waals surface area contributed by atoms with Gasteiger partial charge in [0.2, 0.25) is 5.91 Å². The monoisotopic (exact) mass is 301 g/mol. The Hall–Kier alpha value is -1.43. The van der Waals surface area contributed by atoms with E-state index < -0.39 is 21.7 Å². The maximum atomic E-state index is 13.5. The summed E-state index contributed by atoms with van der Waals surface area (Å²) >= 11 is 0. The van der Waals surface area contributed by atoms with Crippen molar-refractivity contribution in [2.45, 2.75) is 26.3 Å². The number of sulfone groups is 1. The molecule has 0 spiro atoms. The highest BCUT2D eigenvalue weighted by Crippen LogP contribution is 2.10. The summed E-state index contributed by atoms with van der Waals surface area (Å²) in [7, 11) is -1.61. The molecule has 1 amide bonds. The van der Waals surface area contributed by atoms with Crippen LogP contribution >= 0.6 is 0 Å². The molecule has 6 heteroatoms. The molecule has 0 heterocycles. The van der Waals surface area contributed by atoms with Crippen molar-refractivity contribution in [2.75, 3.05) is 18.6 Å². The summed E-state index contributed by atoms with van der Waals surface area (Å²) in [4.78, 5) is 13.4. The van der Waals surface area contributed by atoms with Crippen LogP contribution in [0.4, 0.5) is 4.39 Å². The summed E-state index contributed by atoms with van der Waals surface area (Å²) in [5.74, 6) is -0.757. The van der Waals surface area contributed by atoms with Gasteiger partial charge in [0.05, 0.1) is 12.2 Å². The Labute approximate surface area is 119 Å². The molecule has 0 saturated heterocycles. The Kier molecular flexibility index (Phi) is 5.68. The summed E-state index contributed by atoms with van der Waals surface area (Å²) in [5.41, 5.74) is 0.315. The zero-order valence-electron chi connectivity index (χ0n) is 12.0. The van der Waals surface area contributed by atoms with Crippen LogP contribution in [0.15, 0.2) is 24.3 Å². The molecule has 1 aromatic carbocycles. The first-order chi connectivity index (χ1) is 9.26. The van der Waals surface area contributed by atoms with Crippen LogP contribution in [0.2, 0.25) is 0 Å². The zero-order valence-corrected chi connectivity index (χ0v) is 12.8. The second kappa shape index (κ2) is 6.83. The average Bonchev–Trinajstić information content (AvgIpc) is 2.40. The summed E-state index contributed by atoms with van der Waals surface area (Å²) in [6.45, 7) is 3.25. The summed E-state index contributed by atoms with van der Waals surface area (Å²) in [6.07, 6.45) is -0.0698. The Bertz CT molecular complexity index is 572. The largest absolute Gasteiger partial charge is 0.342 e. The molecule has 20 heavy (non-hydrogen) atoms. The number of hydrogen-bond donors (Lipinski definition) is 0. The molecule has 0 aliphatic carbocycles. The van der Waals surface area contributed by atoms with Gasteiger partial charge in [-0.3, -0.25) is 4.79 Å². The Balaban J connectivity index is 2.70. The van der Waals surface area contributed by atoms with Gasteiger partial charge in [0.15, 0.2) is 9.84 Å². The van der Waals surface area contributed by atoms with E-state index in [9.17, 15) is 17.6 Å². The molecule has 0 unspecified atom stereocenters. The van der Waals surface area contributed by atoms with E-state index in [-0.39, 0.29) is 23.8 Å². The van der Waals surface area contributed by atoms with Gasteiger partial charge >= 0.3 is 0 Å². The molecule has 0 saturated carbocycles. The molecule has 112 valence electrons. The molecular formula is C14H20FNO3S. The number of hydrogen-bond acceptors (Lipinski definition) is 3. The Morgan fingerprint density at radius 3 is 2.50 bits per heavy atom. The van der Waals surface area contributed by atoms with Gasteiger partial charge in [0.25, 0.3) is 0 Å². The molecule has 0 bridgehead atoms. The standard InChI is InChI=1S/C14H20FNO3S/c1-4-20(18,19)10-11(2)16(3)14(17)9-12-7-5-6-8-13(12)15/h5-8,11H,4,9-10H2,1-3H3/t11-/m0/s1. The van der Waals surface area contributed by atoms with Crippen LogP contribution in [0.25, 0.3) is 0 Å². The highest BCUT2D eigenvalue weighted by molar-refractivity contribution is 7.91. The van der Waals surface area contributed by atoms with E-state index in [2.05, 4.69) is 0 Å². The lowest BCUT2D eigenvalue weighted by molar-refractivity contribution is -0.130. The lowest BCUT2D eigenvalue weighted by Crippen LogP contribution is -2.40. The van der Waals surface area contributed by atoms with Gasteiger partial charge in [-0.2, -0.15) is 0 Å². The van der Waals surface area contributed by atoms with E-state index in [0.29, 0.717) is 5.56 Å². The van der Waals surface area contributed by atoms with Crippen molar-refractivity contribution >= 4 is 15.7 Å². The third kappa shape index (κ3) is 4.59. The highest BCUT2D eigenvalue weighted by Gasteiger charge is 2.21. The van der Waals surface area contributed by atoms with Gasteiger partial charge < -0.3 is 4.90 Å². The first-order valence-electron chi connectivity index (χ1n) is 6.46. The Morgan fingerprint density at radius 1 is 1.35 bits per heavy atom. The molecule has 0 N–H and O–H groups in total. The molecular weight excluding hydrogens is 281 g/mol. The fraction of sp³-hybridized carbons (Fsp3) is 0.500. The van der Waals surface area contributed by atoms with Crippen molar-refractivity contribution in [2.24, 2.45) is 0 Å². The maximum absolute atomic E-state index is 13.5. The van der Waals surface area contributed by atoms with E-state index in [1.54, 1.807) is 39.1 Å². The van der Waals surface area contributed by atoms with Crippen molar-refractivity contribution in [3.8, 4) is 0 Å². The molecule has 0 aliphatic heterocycles. The van der Waals surface area contributed by atoms with E-state index in [0.717, 1.165) is 0 Å². The fourth-order valence-corrected chi connectivity index (χ4v) is 2.97. The molecule has 1 atom stereocenters. The van der Waals surface area contributed by atoms with Gasteiger partial charge in [-0.25, -0.2) is 12.8 Å². The maximum Gasteiger partial charge on any atom is 0.227 e. The first-order valence-corrected chi connectivity index (χ1v) is 8.28. The third-order valence-corrected chi connectivity index (χ3v) is 5.16. The second-order valence-electron chi connectivity index (χ2n) is 4.82. The number of likely N-dealkylation sites (N-methyl/N-ethyl adjacent to an activating group) is 1. The molecule has 0 radical (unpaired) electrons. The van der Waals surface area contributed by atoms with Gasteiger partial charge in [0, 0.05) is 18.8 Å². The van der Waals surface area contributed by atoms with E-state index in [4.69, 9.17) is 0 Å². The van der Waals surface area contributed by atoms with Crippen molar-refractivity contribution in [3.63, 3.8) is 0 Å². The van der Waals surface area contributed by atoms with Crippen molar-refractivity contribution in [1.29, 1.82) is 0 Å². The summed E-state index contributed by atoms with van der Waals surface area (Å²) in [6, 6.07) is 5.64. The quantitative estimate of drug-likeness (QED) is 0.803. The first kappa shape index (κ1) is 16.6. The van der Waals surface area contributed by atoms with E-state index in [1.165, 1.54) is 11.0 Å². The van der Waals surface area contributed by atoms with E-state index in [1.807, 2.05) is 0 Å². The minimum absolute atomic E-state index is 0.0483. The summed E-state index contributed by atoms with van der Waals surface area (Å²) in [5, 5.41) is 0. The minimum atomic E-state index is -3.15. The normalized spacial score (nSPS) is 13.0. The Morgan fingerprint density at radius 2 is 1.95 bits per heavy atom. The zero-order chi connectivity index (χ0) is 15.3. The molecule has 1 aromatic rings. The van der Waals surface area contributed by atoms with Gasteiger partial charge in [-0.15, -0.1) is 0 Å². The smallest absolute Gasteiger partial charge is 0.227 e. The number of amides is 1. The van der Waals surface area contributed by atoms with Crippen LogP contribution in [0.5, 0.6) is 0 Å². The predicted molar refractivity (Wildman–Crippen MR) is 76.7 cm³/mol. The number of benzene rings is 1. The summed E-state index contributed by atoms with van der Waals surface area (Å²) < 4.78 is 36.6. The number of carbonyl (C=O) groups is 1. The lowest BCUT2D eigenvalue weighted by Gasteiger charge is -2.24. The van der Waals surface area contributed by atoms with Crippen LogP contribution in [0.3, 0.4) is 0 Å². The minimum Gasteiger partial charge on any atom is -0.342 e. The topological polar surface area (TPSA) is 54.5 Å². The van der Waals surface area contributed by atoms with Gasteiger partial charge in [0.1, 0.15) is 5.82 Å². The van der Waals surface area contributed by atoms with E-state index >= 15 is 0 Å². The number of carbonyl (C=O) groups excluding carboxylic acids is 1. The number of rotatable bonds is 6. The number of halogens is 1. The highest BCUT2D eigenvalue weighted by atomic mass is 32.2. The molecule has 0 aromatic heterocycles. The molecule has 1 rings (SSSR count). The molecule has 0 aliphatic rings. The van der Waals surface area contributed by atoms with Gasteiger partial charge in [-0.1, -0.05) is 25.1 Å². The molecule has 0 fully saturated rings.